The maximum absolute atomic E-state index is 11.7. The lowest BCUT2D eigenvalue weighted by Crippen LogP contribution is -2.36. The van der Waals surface area contributed by atoms with Gasteiger partial charge in [0.05, 0.1) is 6.10 Å². The van der Waals surface area contributed by atoms with Gasteiger partial charge < -0.3 is 15.7 Å². The van der Waals surface area contributed by atoms with E-state index < -0.39 is 6.10 Å². The molecule has 3 N–H and O–H groups in total. The molecule has 0 aliphatic rings. The van der Waals surface area contributed by atoms with Crippen LogP contribution in [-0.2, 0) is 4.79 Å². The van der Waals surface area contributed by atoms with E-state index in [-0.39, 0.29) is 30.8 Å². The molecule has 114 valence electrons. The molecule has 0 aromatic heterocycles. The Balaban J connectivity index is 0.00000361. The Hall–Kier alpha value is -0.520. The van der Waals surface area contributed by atoms with Crippen molar-refractivity contribution in [1.82, 2.24) is 10.6 Å². The second kappa shape index (κ2) is 9.42. The number of hydrogen-bond acceptors (Lipinski definition) is 3. The normalized spacial score (nSPS) is 13.2. The molecule has 1 aromatic carbocycles. The van der Waals surface area contributed by atoms with Crippen LogP contribution in [0.2, 0.25) is 10.0 Å². The molecule has 0 aliphatic carbocycles. The summed E-state index contributed by atoms with van der Waals surface area (Å²) in [5, 5.41) is 16.4. The number of hydrogen-bond donors (Lipinski definition) is 3. The van der Waals surface area contributed by atoms with Gasteiger partial charge in [-0.3, -0.25) is 4.79 Å². The molecular weight excluding hydrogens is 323 g/mol. The van der Waals surface area contributed by atoms with Gasteiger partial charge in [-0.25, -0.2) is 0 Å². The number of rotatable bonds is 6. The Kier molecular flexibility index (Phi) is 9.18. The molecule has 1 aromatic rings. The Morgan fingerprint density at radius 2 is 1.85 bits per heavy atom. The van der Waals surface area contributed by atoms with Crippen molar-refractivity contribution in [2.24, 2.45) is 5.92 Å². The van der Waals surface area contributed by atoms with Gasteiger partial charge in [0.25, 0.3) is 0 Å². The van der Waals surface area contributed by atoms with Crippen molar-refractivity contribution in [3.05, 3.63) is 33.8 Å². The number of halogens is 3. The monoisotopic (exact) mass is 340 g/mol. The third kappa shape index (κ3) is 5.46. The second-order valence-corrected chi connectivity index (χ2v) is 5.17. The molecule has 20 heavy (non-hydrogen) atoms. The number of amides is 1. The van der Waals surface area contributed by atoms with E-state index in [2.05, 4.69) is 10.6 Å². The number of nitrogens with one attached hydrogen (secondary N) is 2. The number of carbonyl (C=O) groups excluding carboxylic acids is 1. The minimum absolute atomic E-state index is 0. The molecule has 0 radical (unpaired) electrons. The van der Waals surface area contributed by atoms with E-state index in [1.165, 1.54) is 0 Å². The second-order valence-electron chi connectivity index (χ2n) is 4.36. The SMILES string of the molecule is CNCC(C)C(=O)NCC(O)c1c(Cl)cccc1Cl.Cl. The van der Waals surface area contributed by atoms with Crippen LogP contribution in [0.5, 0.6) is 0 Å². The van der Waals surface area contributed by atoms with Gasteiger partial charge in [-0.1, -0.05) is 36.2 Å². The summed E-state index contributed by atoms with van der Waals surface area (Å²) in [5.74, 6) is -0.296. The van der Waals surface area contributed by atoms with Gasteiger partial charge in [-0.05, 0) is 19.2 Å². The zero-order valence-electron chi connectivity index (χ0n) is 11.3. The predicted octanol–water partition coefficient (Wildman–Crippen LogP) is 2.42. The molecular formula is C13H19Cl3N2O2. The highest BCUT2D eigenvalue weighted by Gasteiger charge is 2.18. The van der Waals surface area contributed by atoms with Crippen LogP contribution in [0.3, 0.4) is 0 Å². The number of aliphatic hydroxyl groups is 1. The average molecular weight is 342 g/mol. The average Bonchev–Trinajstić information content (AvgIpc) is 2.36. The summed E-state index contributed by atoms with van der Waals surface area (Å²) in [5.41, 5.74) is 0.437. The number of benzene rings is 1. The Morgan fingerprint density at radius 3 is 2.35 bits per heavy atom. The van der Waals surface area contributed by atoms with Crippen LogP contribution in [0.15, 0.2) is 18.2 Å². The van der Waals surface area contributed by atoms with Crippen molar-refractivity contribution in [2.45, 2.75) is 13.0 Å². The maximum atomic E-state index is 11.7. The van der Waals surface area contributed by atoms with E-state index in [0.29, 0.717) is 22.2 Å². The van der Waals surface area contributed by atoms with Gasteiger partial charge in [0.1, 0.15) is 0 Å². The van der Waals surface area contributed by atoms with E-state index in [1.54, 1.807) is 32.2 Å². The van der Waals surface area contributed by atoms with Gasteiger partial charge >= 0.3 is 0 Å². The Bertz CT molecular complexity index is 423. The first kappa shape index (κ1) is 19.5. The van der Waals surface area contributed by atoms with Crippen LogP contribution in [-0.4, -0.2) is 31.2 Å². The summed E-state index contributed by atoms with van der Waals surface area (Å²) in [6.45, 7) is 2.46. The first-order valence-corrected chi connectivity index (χ1v) is 6.77. The van der Waals surface area contributed by atoms with Crippen LogP contribution in [0.1, 0.15) is 18.6 Å². The smallest absolute Gasteiger partial charge is 0.224 e. The first-order valence-electron chi connectivity index (χ1n) is 6.01. The highest BCUT2D eigenvalue weighted by molar-refractivity contribution is 6.36. The maximum Gasteiger partial charge on any atom is 0.224 e. The molecule has 0 saturated heterocycles. The fourth-order valence-electron chi connectivity index (χ4n) is 1.70. The van der Waals surface area contributed by atoms with Gasteiger partial charge in [0, 0.05) is 34.6 Å². The molecule has 2 atom stereocenters. The Morgan fingerprint density at radius 1 is 1.30 bits per heavy atom. The number of aliphatic hydroxyl groups excluding tert-OH is 1. The molecule has 0 heterocycles. The molecule has 7 heteroatoms. The van der Waals surface area contributed by atoms with Gasteiger partial charge in [-0.2, -0.15) is 0 Å². The van der Waals surface area contributed by atoms with Crippen molar-refractivity contribution in [3.63, 3.8) is 0 Å². The minimum Gasteiger partial charge on any atom is -0.386 e. The Labute approximate surface area is 135 Å². The summed E-state index contributed by atoms with van der Waals surface area (Å²) in [4.78, 5) is 11.7. The number of carbonyl (C=O) groups is 1. The molecule has 0 spiro atoms. The highest BCUT2D eigenvalue weighted by Crippen LogP contribution is 2.29. The standard InChI is InChI=1S/C13H18Cl2N2O2.ClH/c1-8(6-16-2)13(19)17-7-11(18)12-9(14)4-3-5-10(12)15;/h3-5,8,11,16,18H,6-7H2,1-2H3,(H,17,19);1H. The largest absolute Gasteiger partial charge is 0.386 e. The first-order chi connectivity index (χ1) is 8.97. The van der Waals surface area contributed by atoms with Crippen LogP contribution in [0, 0.1) is 5.92 Å². The molecule has 4 nitrogen and oxygen atoms in total. The third-order valence-corrected chi connectivity index (χ3v) is 3.42. The highest BCUT2D eigenvalue weighted by atomic mass is 35.5. The van der Waals surface area contributed by atoms with Crippen molar-refractivity contribution in [2.75, 3.05) is 20.1 Å². The van der Waals surface area contributed by atoms with E-state index in [4.69, 9.17) is 23.2 Å². The summed E-state index contributed by atoms with van der Waals surface area (Å²) < 4.78 is 0. The quantitative estimate of drug-likeness (QED) is 0.744. The lowest BCUT2D eigenvalue weighted by atomic mass is 10.1. The molecule has 0 aliphatic heterocycles. The molecule has 0 bridgehead atoms. The van der Waals surface area contributed by atoms with Crippen LogP contribution >= 0.6 is 35.6 Å². The van der Waals surface area contributed by atoms with Crippen molar-refractivity contribution >= 4 is 41.5 Å². The van der Waals surface area contributed by atoms with E-state index in [0.717, 1.165) is 0 Å². The van der Waals surface area contributed by atoms with Crippen molar-refractivity contribution < 1.29 is 9.90 Å². The molecule has 0 fully saturated rings. The lowest BCUT2D eigenvalue weighted by Gasteiger charge is -2.17. The lowest BCUT2D eigenvalue weighted by molar-refractivity contribution is -0.124. The topological polar surface area (TPSA) is 61.4 Å². The van der Waals surface area contributed by atoms with Crippen LogP contribution in [0.25, 0.3) is 0 Å². The van der Waals surface area contributed by atoms with Crippen LogP contribution < -0.4 is 10.6 Å². The molecule has 1 amide bonds. The van der Waals surface area contributed by atoms with Crippen molar-refractivity contribution in [1.29, 1.82) is 0 Å². The van der Waals surface area contributed by atoms with Crippen molar-refractivity contribution in [3.8, 4) is 0 Å². The van der Waals surface area contributed by atoms with E-state index in [9.17, 15) is 9.90 Å². The van der Waals surface area contributed by atoms with Crippen LogP contribution in [0.4, 0.5) is 0 Å². The minimum atomic E-state index is -0.924. The van der Waals surface area contributed by atoms with E-state index in [1.807, 2.05) is 0 Å². The predicted molar refractivity (Wildman–Crippen MR) is 84.8 cm³/mol. The summed E-state index contributed by atoms with van der Waals surface area (Å²) in [7, 11) is 1.78. The van der Waals surface area contributed by atoms with Gasteiger partial charge in [-0.15, -0.1) is 12.4 Å². The van der Waals surface area contributed by atoms with Gasteiger partial charge in [0.2, 0.25) is 5.91 Å². The molecule has 1 rings (SSSR count). The van der Waals surface area contributed by atoms with E-state index >= 15 is 0 Å². The summed E-state index contributed by atoms with van der Waals surface area (Å²) in [6, 6.07) is 5.00. The molecule has 2 unspecified atom stereocenters. The fraction of sp³-hybridized carbons (Fsp3) is 0.462. The van der Waals surface area contributed by atoms with Gasteiger partial charge in [0.15, 0.2) is 0 Å². The molecule has 0 saturated carbocycles. The third-order valence-electron chi connectivity index (χ3n) is 2.76. The summed E-state index contributed by atoms with van der Waals surface area (Å²) >= 11 is 12.0. The zero-order chi connectivity index (χ0) is 14.4. The summed E-state index contributed by atoms with van der Waals surface area (Å²) in [6.07, 6.45) is -0.924. The zero-order valence-corrected chi connectivity index (χ0v) is 13.6. The fourth-order valence-corrected chi connectivity index (χ4v) is 2.35.